The number of nitrogens with zero attached hydrogens (tertiary/aromatic N) is 3. The number of aliphatic hydroxyl groups excluding tert-OH is 1. The molecule has 1 fully saturated rings. The van der Waals surface area contributed by atoms with Gasteiger partial charge in [-0.25, -0.2) is 0 Å². The predicted octanol–water partition coefficient (Wildman–Crippen LogP) is 0.116. The minimum atomic E-state index is -1.62. The van der Waals surface area contributed by atoms with Gasteiger partial charge in [0.2, 0.25) is 47.3 Å². The highest BCUT2D eigenvalue weighted by molar-refractivity contribution is 5.98. The van der Waals surface area contributed by atoms with Gasteiger partial charge in [0.15, 0.2) is 5.96 Å². The van der Waals surface area contributed by atoms with Gasteiger partial charge in [-0.3, -0.25) is 48.3 Å². The van der Waals surface area contributed by atoms with E-state index in [0.29, 0.717) is 36.1 Å². The summed E-state index contributed by atoms with van der Waals surface area (Å²) in [7, 11) is 0. The maximum atomic E-state index is 14.6. The maximum Gasteiger partial charge on any atom is 0.245 e. The fraction of sp³-hybridized carbons (Fsp3) is 0.444. The van der Waals surface area contributed by atoms with E-state index in [1.54, 1.807) is 19.1 Å². The Bertz CT molecular complexity index is 2670. The topological polar surface area (TPSA) is 342 Å². The number of phenolic OH excluding ortho intramolecular Hbond substituents is 1. The van der Waals surface area contributed by atoms with E-state index < -0.39 is 90.3 Å². The second-order valence-corrected chi connectivity index (χ2v) is 19.2. The van der Waals surface area contributed by atoms with Crippen molar-refractivity contribution in [3.63, 3.8) is 0 Å². The van der Waals surface area contributed by atoms with Gasteiger partial charge in [0.05, 0.1) is 6.61 Å². The number of fused-ring (bicyclic) bond motifs is 1. The summed E-state index contributed by atoms with van der Waals surface area (Å²) in [6, 6.07) is 13.5. The molecule has 0 spiro atoms. The third-order valence-corrected chi connectivity index (χ3v) is 12.7. The fourth-order valence-electron chi connectivity index (χ4n) is 8.91. The molecule has 22 heteroatoms. The molecule has 0 radical (unpaired) electrons. The van der Waals surface area contributed by atoms with Crippen molar-refractivity contribution < 1.29 is 48.6 Å². The zero-order valence-corrected chi connectivity index (χ0v) is 43.4. The van der Waals surface area contributed by atoms with Gasteiger partial charge in [0.25, 0.3) is 0 Å². The van der Waals surface area contributed by atoms with Crippen LogP contribution in [-0.2, 0) is 57.6 Å². The number of likely N-dealkylation sites (N-methyl/N-ethyl adjacent to an activating group) is 1. The number of likely N-dealkylation sites (tertiary alicyclic amines) is 1. The number of carbonyl (C=O) groups is 8. The second kappa shape index (κ2) is 29.1. The molecule has 408 valence electrons. The number of nitrogens with two attached hydrogens (primary N) is 2. The zero-order valence-electron chi connectivity index (χ0n) is 43.4. The Morgan fingerprint density at radius 3 is 1.87 bits per heavy atom. The summed E-state index contributed by atoms with van der Waals surface area (Å²) in [4.78, 5) is 121. The first-order chi connectivity index (χ1) is 36.3. The third kappa shape index (κ3) is 18.1. The normalized spacial score (nSPS) is 15.4. The van der Waals surface area contributed by atoms with Crippen LogP contribution in [0.2, 0.25) is 0 Å². The molecule has 0 saturated carbocycles. The van der Waals surface area contributed by atoms with Gasteiger partial charge in [-0.15, -0.1) is 0 Å². The summed E-state index contributed by atoms with van der Waals surface area (Å²) in [5, 5.41) is 41.3. The van der Waals surface area contributed by atoms with E-state index in [1.807, 2.05) is 56.3 Å². The van der Waals surface area contributed by atoms with Crippen molar-refractivity contribution in [2.45, 2.75) is 121 Å². The number of benzene rings is 3. The molecule has 0 aliphatic carbocycles. The quantitative estimate of drug-likeness (QED) is 0.0215. The number of guanidine groups is 1. The number of rotatable bonds is 27. The van der Waals surface area contributed by atoms with Crippen molar-refractivity contribution in [2.75, 3.05) is 26.2 Å². The summed E-state index contributed by atoms with van der Waals surface area (Å²) in [6.07, 6.45) is 4.22. The molecule has 1 aromatic heterocycles. The third-order valence-electron chi connectivity index (χ3n) is 12.7. The van der Waals surface area contributed by atoms with Crippen molar-refractivity contribution in [2.24, 2.45) is 22.4 Å². The molecule has 8 amide bonds. The lowest BCUT2D eigenvalue weighted by atomic mass is 9.99. The summed E-state index contributed by atoms with van der Waals surface area (Å²) < 4.78 is 0. The molecule has 1 saturated heterocycles. The Balaban J connectivity index is 1.39. The van der Waals surface area contributed by atoms with Crippen LogP contribution in [0.15, 0.2) is 96.2 Å². The average Bonchev–Trinajstić information content (AvgIpc) is 3.89. The molecule has 76 heavy (non-hydrogen) atoms. The first kappa shape index (κ1) is 58.7. The highest BCUT2D eigenvalue weighted by Crippen LogP contribution is 2.21. The molecule has 1 aliphatic rings. The van der Waals surface area contributed by atoms with Crippen LogP contribution in [0.4, 0.5) is 0 Å². The van der Waals surface area contributed by atoms with Crippen molar-refractivity contribution in [3.8, 4) is 5.75 Å². The smallest absolute Gasteiger partial charge is 0.245 e. The van der Waals surface area contributed by atoms with Gasteiger partial charge in [0.1, 0.15) is 48.0 Å². The van der Waals surface area contributed by atoms with Crippen molar-refractivity contribution >= 4 is 64.0 Å². The van der Waals surface area contributed by atoms with Crippen LogP contribution < -0.4 is 48.7 Å². The van der Waals surface area contributed by atoms with Gasteiger partial charge in [-0.2, -0.15) is 0 Å². The molecular formula is C54H72N12O10. The van der Waals surface area contributed by atoms with Gasteiger partial charge in [0, 0.05) is 58.2 Å². The lowest BCUT2D eigenvalue weighted by molar-refractivity contribution is -0.142. The Morgan fingerprint density at radius 2 is 1.26 bits per heavy atom. The van der Waals surface area contributed by atoms with E-state index >= 15 is 0 Å². The number of aliphatic imine (C=N–C) groups is 1. The summed E-state index contributed by atoms with van der Waals surface area (Å²) in [5.74, 6) is -5.82. The molecule has 0 bridgehead atoms. The molecule has 4 aromatic rings. The Morgan fingerprint density at radius 1 is 0.697 bits per heavy atom. The number of hydrogen-bond donors (Lipinski definition) is 11. The molecular weight excluding hydrogens is 977 g/mol. The van der Waals surface area contributed by atoms with Gasteiger partial charge < -0.3 is 63.8 Å². The van der Waals surface area contributed by atoms with Gasteiger partial charge in [-0.05, 0) is 90.6 Å². The monoisotopic (exact) mass is 1050 g/mol. The molecule has 2 heterocycles. The Hall–Kier alpha value is -8.14. The maximum absolute atomic E-state index is 14.6. The van der Waals surface area contributed by atoms with Crippen LogP contribution >= 0.6 is 0 Å². The summed E-state index contributed by atoms with van der Waals surface area (Å²) in [6.45, 7) is 6.59. The number of carbonyl (C=O) groups excluding carboxylic acids is 8. The van der Waals surface area contributed by atoms with E-state index in [-0.39, 0.29) is 75.1 Å². The number of hydrogen-bond acceptors (Lipinski definition) is 12. The second-order valence-electron chi connectivity index (χ2n) is 19.2. The number of nitrogens with one attached hydrogen (secondary N) is 7. The van der Waals surface area contributed by atoms with E-state index in [9.17, 15) is 48.6 Å². The highest BCUT2D eigenvalue weighted by atomic mass is 16.3. The number of amides is 8. The standard InChI is InChI=1S/C54H72N12O10/c1-5-58-52(75)46-15-10-24-66(46)53(76)40(14-9-23-59-54(55)56)61-47(70)41(25-32(2)3)62-50(73)44(29-36-11-8-22-57-30-36)63-49(72)43(27-34-17-20-39(69)21-18-34)64-51(74)45(31-67)65-48(71)42(60-33(4)68)28-35-16-19-37-12-6-7-13-38(37)26-35/h6-8,11-13,16-22,26,30,32,40-46,67,69H,5,9-10,14-15,23-25,27-29,31H2,1-4H3,(H,58,75)(H,60,68)(H,61,70)(H,62,73)(H,63,72)(H,64,74)(H,65,71)(H4,55,56,59)/t40-,41-,42+,43-,44+,45-,46-/m0/s1. The highest BCUT2D eigenvalue weighted by Gasteiger charge is 2.39. The molecule has 7 atom stereocenters. The lowest BCUT2D eigenvalue weighted by Gasteiger charge is -2.30. The minimum Gasteiger partial charge on any atom is -0.508 e. The van der Waals surface area contributed by atoms with E-state index in [0.717, 1.165) is 10.8 Å². The number of pyridine rings is 1. The molecule has 5 rings (SSSR count). The van der Waals surface area contributed by atoms with Gasteiger partial charge >= 0.3 is 0 Å². The van der Waals surface area contributed by atoms with E-state index in [4.69, 9.17) is 11.5 Å². The first-order valence-electron chi connectivity index (χ1n) is 25.5. The zero-order chi connectivity index (χ0) is 55.3. The number of phenols is 1. The number of aromatic hydroxyl groups is 1. The van der Waals surface area contributed by atoms with E-state index in [1.165, 1.54) is 48.5 Å². The van der Waals surface area contributed by atoms with E-state index in [2.05, 4.69) is 47.2 Å². The first-order valence-corrected chi connectivity index (χ1v) is 25.5. The molecule has 22 nitrogen and oxygen atoms in total. The molecule has 1 aliphatic heterocycles. The molecule has 13 N–H and O–H groups in total. The van der Waals surface area contributed by atoms with Crippen LogP contribution in [0.5, 0.6) is 5.75 Å². The molecule has 3 aromatic carbocycles. The van der Waals surface area contributed by atoms with Crippen LogP contribution in [0, 0.1) is 5.92 Å². The average molecular weight is 1050 g/mol. The van der Waals surface area contributed by atoms with Crippen molar-refractivity contribution in [3.05, 3.63) is 108 Å². The van der Waals surface area contributed by atoms with Crippen molar-refractivity contribution in [1.82, 2.24) is 47.1 Å². The van der Waals surface area contributed by atoms with Gasteiger partial charge in [-0.1, -0.05) is 74.5 Å². The van der Waals surface area contributed by atoms with Crippen LogP contribution in [-0.4, -0.2) is 142 Å². The lowest BCUT2D eigenvalue weighted by Crippen LogP contribution is -2.61. The fourth-order valence-corrected chi connectivity index (χ4v) is 8.91. The van der Waals surface area contributed by atoms with Crippen LogP contribution in [0.1, 0.15) is 76.5 Å². The largest absolute Gasteiger partial charge is 0.508 e. The Labute approximate surface area is 442 Å². The number of aliphatic hydroxyl groups is 1. The van der Waals surface area contributed by atoms with Crippen LogP contribution in [0.3, 0.4) is 0 Å². The minimum absolute atomic E-state index is 0.0413. The predicted molar refractivity (Wildman–Crippen MR) is 285 cm³/mol. The molecule has 0 unspecified atom stereocenters. The van der Waals surface area contributed by atoms with Crippen molar-refractivity contribution in [1.29, 1.82) is 0 Å². The summed E-state index contributed by atoms with van der Waals surface area (Å²) >= 11 is 0. The summed E-state index contributed by atoms with van der Waals surface area (Å²) in [5.41, 5.74) is 12.8. The van der Waals surface area contributed by atoms with Crippen LogP contribution in [0.25, 0.3) is 10.8 Å². The SMILES string of the molecule is CCNC(=O)[C@@H]1CCCN1C(=O)[C@H](CCCN=C(N)N)NC(=O)[C@H](CC(C)C)NC(=O)[C@@H](Cc1cccnc1)NC(=O)[C@H](Cc1ccc(O)cc1)NC(=O)[C@H](CO)NC(=O)[C@@H](Cc1ccc2ccccc2c1)NC(C)=O. The Kier molecular flexibility index (Phi) is 22.5. The number of aromatic nitrogens is 1.